The third-order valence-electron chi connectivity index (χ3n) is 23.3. The van der Waals surface area contributed by atoms with Gasteiger partial charge in [0.2, 0.25) is 23.6 Å². The molecule has 33 nitrogen and oxygen atoms in total. The molecule has 8 N–H and O–H groups in total. The van der Waals surface area contributed by atoms with Crippen molar-refractivity contribution in [3.05, 3.63) is 276 Å². The zero-order valence-corrected chi connectivity index (χ0v) is 76.8. The van der Waals surface area contributed by atoms with E-state index in [4.69, 9.17) is 42.6 Å². The number of rotatable bonds is 24. The lowest BCUT2D eigenvalue weighted by molar-refractivity contribution is -0.119. The highest BCUT2D eigenvalue weighted by molar-refractivity contribution is 6.08. The first kappa shape index (κ1) is 94.1. The fourth-order valence-corrected chi connectivity index (χ4v) is 17.1. The molecular weight excluding hydrogens is 1690 g/mol. The van der Waals surface area contributed by atoms with Crippen molar-refractivity contribution in [2.24, 2.45) is 28.2 Å². The van der Waals surface area contributed by atoms with E-state index < -0.39 is 65.5 Å². The van der Waals surface area contributed by atoms with Crippen molar-refractivity contribution >= 4 is 70.5 Å². The first-order valence-electron chi connectivity index (χ1n) is 42.6. The summed E-state index contributed by atoms with van der Waals surface area (Å²) in [6, 6.07) is 45.9. The van der Waals surface area contributed by atoms with Crippen molar-refractivity contribution in [3.63, 3.8) is 0 Å². The second-order valence-corrected chi connectivity index (χ2v) is 31.9. The number of carbonyl (C=O) groups is 8. The molecule has 4 aromatic heterocycles. The topological polar surface area (TPSA) is 387 Å². The number of halogens is 1. The van der Waals surface area contributed by atoms with Gasteiger partial charge in [-0.05, 0) is 186 Å². The van der Waals surface area contributed by atoms with Gasteiger partial charge in [-0.2, -0.15) is 20.4 Å². The van der Waals surface area contributed by atoms with E-state index >= 15 is 0 Å². The number of amides is 8. The third-order valence-corrected chi connectivity index (χ3v) is 23.3. The maximum absolute atomic E-state index is 14.6. The first-order chi connectivity index (χ1) is 63.4. The molecule has 34 heteroatoms. The van der Waals surface area contributed by atoms with Crippen LogP contribution in [-0.4, -0.2) is 174 Å². The van der Waals surface area contributed by atoms with E-state index in [1.807, 2.05) is 146 Å². The maximum atomic E-state index is 14.6. The molecule has 132 heavy (non-hydrogen) atoms. The Morgan fingerprint density at radius 2 is 0.667 bits per heavy atom. The summed E-state index contributed by atoms with van der Waals surface area (Å²) >= 11 is 0. The quantitative estimate of drug-likeness (QED) is 0.0278. The lowest BCUT2D eigenvalue weighted by Crippen LogP contribution is -2.50. The van der Waals surface area contributed by atoms with E-state index in [-0.39, 0.29) is 46.8 Å². The largest absolute Gasteiger partial charge is 0.497 e. The second-order valence-electron chi connectivity index (χ2n) is 31.9. The van der Waals surface area contributed by atoms with E-state index in [0.29, 0.717) is 110 Å². The molecule has 4 aliphatic heterocycles. The summed E-state index contributed by atoms with van der Waals surface area (Å²) in [7, 11) is 17.6. The fraction of sp³-hybridized carbons (Fsp3) is 0.306. The minimum atomic E-state index is -1.02. The summed E-state index contributed by atoms with van der Waals surface area (Å²) in [6.07, 6.45) is 0.874. The van der Waals surface area contributed by atoms with E-state index in [2.05, 4.69) is 62.9 Å². The lowest BCUT2D eigenvalue weighted by atomic mass is 9.81. The van der Waals surface area contributed by atoms with E-state index in [1.54, 1.807) is 123 Å². The molecule has 8 aromatic carbocycles. The fourth-order valence-electron chi connectivity index (χ4n) is 17.1. The van der Waals surface area contributed by atoms with Crippen molar-refractivity contribution in [3.8, 4) is 51.7 Å². The van der Waals surface area contributed by atoms with Crippen molar-refractivity contribution in [2.75, 3.05) is 84.2 Å². The van der Waals surface area contributed by atoms with E-state index in [0.717, 1.165) is 73.8 Å². The molecule has 12 aromatic rings. The van der Waals surface area contributed by atoms with Gasteiger partial charge < -0.3 is 85.2 Å². The molecule has 8 amide bonds. The average molecular weight is 1800 g/mol. The van der Waals surface area contributed by atoms with Gasteiger partial charge in [0.05, 0.1) is 85.8 Å². The maximum Gasteiger partial charge on any atom is 0.252 e. The van der Waals surface area contributed by atoms with Gasteiger partial charge in [0.25, 0.3) is 23.6 Å². The summed E-state index contributed by atoms with van der Waals surface area (Å²) in [6.45, 7) is 16.5. The molecule has 16 rings (SSSR count). The molecule has 0 saturated heterocycles. The summed E-state index contributed by atoms with van der Waals surface area (Å²) in [5, 5.41) is 41.1. The second kappa shape index (κ2) is 40.9. The Morgan fingerprint density at radius 3 is 1.02 bits per heavy atom. The molecule has 0 bridgehead atoms. The van der Waals surface area contributed by atoms with Crippen LogP contribution in [0, 0.1) is 47.4 Å². The molecule has 688 valence electrons. The molecule has 0 radical (unpaired) electrons. The van der Waals surface area contributed by atoms with Crippen molar-refractivity contribution in [1.82, 2.24) is 60.4 Å². The van der Waals surface area contributed by atoms with Crippen LogP contribution in [-0.2, 0) is 47.4 Å². The Balaban J connectivity index is 0.000000150. The van der Waals surface area contributed by atoms with Crippen LogP contribution in [0.2, 0.25) is 0 Å². The summed E-state index contributed by atoms with van der Waals surface area (Å²) in [5.74, 6) is 1.51. The SMILES string of the molecule is CCCOc1ccc([C@H]2c3c(C)nn(C)c3NC(=O)[C@@H]2NC(=O)c2cccc(C)c2)cc1OC.CCOc1ccc([C@H]2c3c(C)nn(C)c3NC(=O)[C@@H]2NC(=O)c2cccc(C)c2)cc1.COc1ccc([C@H]2c3c(C)nn(C)c3NC(=O)[C@@H]2NC(=O)c2ccc(OC)c(OC)c2)cc1F.COc1cccc([C@H]2c3c(C)nn(C)c3NC(=O)[C@@H]2NC(=O)c2ccc(OC)c(OC)c2)c1. The van der Waals surface area contributed by atoms with Crippen LogP contribution in [0.4, 0.5) is 27.7 Å². The standard InChI is InChI=1S/C26H30N4O4.C24H25FN4O5.C24H26N4O5.C24H26N4O3/c1-6-12-34-19-11-10-17(14-20(19)33-5)22-21-16(3)29-30(4)24(21)28-26(32)23(22)27-25(31)18-9-7-8-15(2)13-18;1-12-19-20(13-6-8-16(32-3)15(25)10-13)21(24(31)27-22(19)29(2)28-12)26-23(30)14-7-9-17(33-4)18(11-14)34-5;1-13-19-20(14-7-6-8-16(11-14)31-3)21(24(30)26-22(19)28(2)27-13)25-23(29)15-9-10-17(32-4)18(12-15)33-5;1-5-31-18-11-9-16(10-12-18)20-19-15(3)27-28(4)22(19)26-24(30)21(20)25-23(29)17-8-6-7-14(2)13-17/h7-11,13-14,22-23H,6,12H2,1-5H3,(H,27,31)(H,28,32);6-11,20-21H,1-5H3,(H,26,30)(H,27,31);6-12,20-21H,1-5H3,(H,25,29)(H,26,30);6-13,20-21H,5H2,1-4H3,(H,25,29)(H,26,30)/t22-,23+;3*20-,21+/m0000/s1. The monoisotopic (exact) mass is 1800 g/mol. The van der Waals surface area contributed by atoms with E-state index in [9.17, 15) is 42.7 Å². The van der Waals surface area contributed by atoms with Crippen LogP contribution in [0.25, 0.3) is 0 Å². The van der Waals surface area contributed by atoms with Crippen LogP contribution < -0.4 is 85.2 Å². The smallest absolute Gasteiger partial charge is 0.252 e. The molecule has 0 aliphatic carbocycles. The Hall–Kier alpha value is -15.5. The Labute approximate surface area is 762 Å². The molecule has 0 unspecified atom stereocenters. The number of hydrogen-bond donors (Lipinski definition) is 8. The minimum absolute atomic E-state index is 0.0815. The molecular formula is C98H107FN16O17. The Kier molecular flexibility index (Phi) is 29.1. The molecule has 8 atom stereocenters. The number of aryl methyl sites for hydroxylation is 10. The zero-order chi connectivity index (χ0) is 94.8. The number of aromatic nitrogens is 8. The lowest BCUT2D eigenvalue weighted by Gasteiger charge is -2.33. The highest BCUT2D eigenvalue weighted by Crippen LogP contribution is 2.46. The molecule has 0 spiro atoms. The number of benzene rings is 8. The normalized spacial score (nSPS) is 17.2. The van der Waals surface area contributed by atoms with Crippen molar-refractivity contribution in [1.29, 1.82) is 0 Å². The Morgan fingerprint density at radius 1 is 0.341 bits per heavy atom. The third kappa shape index (κ3) is 19.7. The number of ether oxygens (including phenoxy) is 9. The summed E-state index contributed by atoms with van der Waals surface area (Å²) in [4.78, 5) is 105. The molecule has 4 aliphatic rings. The van der Waals surface area contributed by atoms with Crippen LogP contribution in [0.15, 0.2) is 170 Å². The number of nitrogens with zero attached hydrogens (tertiary/aromatic N) is 8. The van der Waals surface area contributed by atoms with Crippen molar-refractivity contribution < 1.29 is 85.4 Å². The van der Waals surface area contributed by atoms with Crippen LogP contribution in [0.3, 0.4) is 0 Å². The number of hydrogen-bond acceptors (Lipinski definition) is 21. The van der Waals surface area contributed by atoms with Gasteiger partial charge in [-0.3, -0.25) is 57.1 Å². The van der Waals surface area contributed by atoms with Crippen LogP contribution >= 0.6 is 0 Å². The highest BCUT2D eigenvalue weighted by Gasteiger charge is 2.47. The van der Waals surface area contributed by atoms with Gasteiger partial charge in [0.15, 0.2) is 46.1 Å². The van der Waals surface area contributed by atoms with E-state index in [1.165, 1.54) is 53.7 Å². The Bertz CT molecular complexity index is 6380. The number of nitrogens with one attached hydrogen (secondary N) is 8. The summed E-state index contributed by atoms with van der Waals surface area (Å²) < 4.78 is 69.6. The molecule has 8 heterocycles. The first-order valence-corrected chi connectivity index (χ1v) is 42.6. The minimum Gasteiger partial charge on any atom is -0.497 e. The van der Waals surface area contributed by atoms with Gasteiger partial charge in [-0.25, -0.2) is 4.39 Å². The van der Waals surface area contributed by atoms with Gasteiger partial charge in [0, 0.05) is 96.4 Å². The van der Waals surface area contributed by atoms with Gasteiger partial charge >= 0.3 is 0 Å². The number of carbonyl (C=O) groups excluding carboxylic acids is 8. The van der Waals surface area contributed by atoms with Gasteiger partial charge in [-0.1, -0.05) is 78.7 Å². The zero-order valence-electron chi connectivity index (χ0n) is 76.8. The highest BCUT2D eigenvalue weighted by atomic mass is 19.1. The van der Waals surface area contributed by atoms with Crippen LogP contribution in [0.1, 0.15) is 164 Å². The molecule has 0 fully saturated rings. The summed E-state index contributed by atoms with van der Waals surface area (Å²) in [5.41, 5.74) is 13.0. The van der Waals surface area contributed by atoms with Crippen LogP contribution in [0.5, 0.6) is 51.7 Å². The predicted molar refractivity (Wildman–Crippen MR) is 492 cm³/mol. The van der Waals surface area contributed by atoms with Gasteiger partial charge in [-0.15, -0.1) is 0 Å². The number of methoxy groups -OCH3 is 7. The number of anilines is 4. The predicted octanol–water partition coefficient (Wildman–Crippen LogP) is 12.4. The van der Waals surface area contributed by atoms with Gasteiger partial charge in [0.1, 0.15) is 58.9 Å². The number of fused-ring (bicyclic) bond motifs is 4. The average Bonchev–Trinajstić information content (AvgIpc) is 1.58. The van der Waals surface area contributed by atoms with Crippen molar-refractivity contribution in [2.45, 2.75) is 110 Å². The molecule has 0 saturated carbocycles.